The maximum absolute atomic E-state index is 12.1. The zero-order chi connectivity index (χ0) is 19.5. The van der Waals surface area contributed by atoms with Crippen molar-refractivity contribution in [2.24, 2.45) is 0 Å². The van der Waals surface area contributed by atoms with Crippen LogP contribution in [-0.2, 0) is 0 Å². The minimum Gasteiger partial charge on any atom is -0.331 e. The molecular formula is C25H22N2O. The minimum absolute atomic E-state index is 0.138. The van der Waals surface area contributed by atoms with E-state index in [0.717, 1.165) is 27.6 Å². The Hall–Kier alpha value is -3.59. The Bertz CT molecular complexity index is 1120. The first-order valence-electron chi connectivity index (χ1n) is 9.29. The summed E-state index contributed by atoms with van der Waals surface area (Å²) in [6.07, 6.45) is 0. The third-order valence-corrected chi connectivity index (χ3v) is 4.82. The molecule has 4 aromatic carbocycles. The predicted molar refractivity (Wildman–Crippen MR) is 118 cm³/mol. The van der Waals surface area contributed by atoms with Crippen LogP contribution in [0.4, 0.5) is 10.5 Å². The Morgan fingerprint density at radius 1 is 0.714 bits per heavy atom. The number of carbonyl (C=O) groups is 1. The van der Waals surface area contributed by atoms with E-state index in [-0.39, 0.29) is 6.03 Å². The molecule has 0 saturated heterocycles. The molecule has 0 atom stereocenters. The third-order valence-electron chi connectivity index (χ3n) is 4.82. The predicted octanol–water partition coefficient (Wildman–Crippen LogP) is 6.27. The van der Waals surface area contributed by atoms with Crippen LogP contribution in [0.1, 0.15) is 0 Å². The topological polar surface area (TPSA) is 32.3 Å². The normalized spacial score (nSPS) is 10.6. The van der Waals surface area contributed by atoms with E-state index in [9.17, 15) is 4.79 Å². The number of urea groups is 1. The lowest BCUT2D eigenvalue weighted by atomic mass is 9.95. The number of rotatable bonds is 3. The fourth-order valence-electron chi connectivity index (χ4n) is 3.33. The van der Waals surface area contributed by atoms with Crippen molar-refractivity contribution in [1.82, 2.24) is 4.90 Å². The van der Waals surface area contributed by atoms with Crippen LogP contribution in [-0.4, -0.2) is 25.0 Å². The highest BCUT2D eigenvalue weighted by Crippen LogP contribution is 2.33. The van der Waals surface area contributed by atoms with E-state index in [1.165, 1.54) is 16.0 Å². The van der Waals surface area contributed by atoms with E-state index < -0.39 is 0 Å². The standard InChI is InChI=1S/C25H22N2O/c1-27(2)25(28)26-22-16-21-10-6-7-11-23(21)24(17-22)20-14-12-19(13-15-20)18-8-4-3-5-9-18/h3-17H,1-2H3,(H,26,28). The van der Waals surface area contributed by atoms with Crippen LogP contribution in [0.5, 0.6) is 0 Å². The summed E-state index contributed by atoms with van der Waals surface area (Å²) in [5, 5.41) is 5.23. The van der Waals surface area contributed by atoms with Crippen LogP contribution in [0.25, 0.3) is 33.0 Å². The van der Waals surface area contributed by atoms with Gasteiger partial charge in [-0.1, -0.05) is 78.9 Å². The van der Waals surface area contributed by atoms with Gasteiger partial charge in [0.15, 0.2) is 0 Å². The largest absolute Gasteiger partial charge is 0.331 e. The number of hydrogen-bond acceptors (Lipinski definition) is 1. The minimum atomic E-state index is -0.138. The molecule has 2 amide bonds. The van der Waals surface area contributed by atoms with Gasteiger partial charge in [-0.2, -0.15) is 0 Å². The molecule has 0 spiro atoms. The van der Waals surface area contributed by atoms with E-state index in [1.54, 1.807) is 14.1 Å². The van der Waals surface area contributed by atoms with Gasteiger partial charge in [0.2, 0.25) is 0 Å². The fraction of sp³-hybridized carbons (Fsp3) is 0.0800. The van der Waals surface area contributed by atoms with Crippen LogP contribution in [0.3, 0.4) is 0 Å². The summed E-state index contributed by atoms with van der Waals surface area (Å²) in [6.45, 7) is 0. The highest BCUT2D eigenvalue weighted by atomic mass is 16.2. The molecule has 0 bridgehead atoms. The molecule has 1 N–H and O–H groups in total. The molecule has 0 aliphatic rings. The SMILES string of the molecule is CN(C)C(=O)Nc1cc(-c2ccc(-c3ccccc3)cc2)c2ccccc2c1. The van der Waals surface area contributed by atoms with Crippen molar-refractivity contribution in [3.8, 4) is 22.3 Å². The van der Waals surface area contributed by atoms with Crippen molar-refractivity contribution >= 4 is 22.5 Å². The van der Waals surface area contributed by atoms with Gasteiger partial charge in [-0.05, 0) is 45.2 Å². The van der Waals surface area contributed by atoms with Crippen molar-refractivity contribution in [3.63, 3.8) is 0 Å². The molecule has 4 aromatic rings. The third kappa shape index (κ3) is 3.60. The summed E-state index contributed by atoms with van der Waals surface area (Å²) in [6, 6.07) is 31.1. The van der Waals surface area contributed by atoms with E-state index in [1.807, 2.05) is 42.5 Å². The Morgan fingerprint density at radius 3 is 2.04 bits per heavy atom. The first-order valence-corrected chi connectivity index (χ1v) is 9.29. The second-order valence-electron chi connectivity index (χ2n) is 7.01. The number of hydrogen-bond donors (Lipinski definition) is 1. The Labute approximate surface area is 165 Å². The first kappa shape index (κ1) is 17.8. The maximum Gasteiger partial charge on any atom is 0.321 e. The van der Waals surface area contributed by atoms with E-state index in [4.69, 9.17) is 0 Å². The lowest BCUT2D eigenvalue weighted by Crippen LogP contribution is -2.27. The number of benzene rings is 4. The van der Waals surface area contributed by atoms with Gasteiger partial charge in [-0.25, -0.2) is 4.79 Å². The molecule has 0 aromatic heterocycles. The Balaban J connectivity index is 1.77. The molecule has 0 aliphatic carbocycles. The summed E-state index contributed by atoms with van der Waals surface area (Å²) in [5.41, 5.74) is 5.40. The van der Waals surface area contributed by atoms with E-state index >= 15 is 0 Å². The highest BCUT2D eigenvalue weighted by molar-refractivity contribution is 6.01. The van der Waals surface area contributed by atoms with Crippen LogP contribution >= 0.6 is 0 Å². The van der Waals surface area contributed by atoms with Gasteiger partial charge in [0.1, 0.15) is 0 Å². The molecule has 0 radical (unpaired) electrons. The second-order valence-corrected chi connectivity index (χ2v) is 7.01. The molecule has 3 heteroatoms. The highest BCUT2D eigenvalue weighted by Gasteiger charge is 2.10. The van der Waals surface area contributed by atoms with Crippen LogP contribution in [0, 0.1) is 0 Å². The molecule has 4 rings (SSSR count). The number of nitrogens with zero attached hydrogens (tertiary/aromatic N) is 1. The first-order chi connectivity index (χ1) is 13.6. The summed E-state index contributed by atoms with van der Waals surface area (Å²) in [5.74, 6) is 0. The molecule has 0 saturated carbocycles. The van der Waals surface area contributed by atoms with Crippen molar-refractivity contribution in [2.75, 3.05) is 19.4 Å². The van der Waals surface area contributed by atoms with Crippen LogP contribution < -0.4 is 5.32 Å². The van der Waals surface area contributed by atoms with E-state index in [0.29, 0.717) is 0 Å². The average Bonchev–Trinajstić information content (AvgIpc) is 2.74. The van der Waals surface area contributed by atoms with Gasteiger partial charge in [-0.15, -0.1) is 0 Å². The molecule has 28 heavy (non-hydrogen) atoms. The Morgan fingerprint density at radius 2 is 1.32 bits per heavy atom. The van der Waals surface area contributed by atoms with Gasteiger partial charge in [0, 0.05) is 19.8 Å². The van der Waals surface area contributed by atoms with Crippen molar-refractivity contribution < 1.29 is 4.79 Å². The number of fused-ring (bicyclic) bond motifs is 1. The number of anilines is 1. The maximum atomic E-state index is 12.1. The van der Waals surface area contributed by atoms with E-state index in [2.05, 4.69) is 53.8 Å². The second kappa shape index (κ2) is 7.57. The Kier molecular flexibility index (Phi) is 4.81. The molecule has 0 unspecified atom stereocenters. The van der Waals surface area contributed by atoms with Crippen molar-refractivity contribution in [3.05, 3.63) is 91.0 Å². The van der Waals surface area contributed by atoms with Crippen molar-refractivity contribution in [2.45, 2.75) is 0 Å². The molecule has 0 heterocycles. The lowest BCUT2D eigenvalue weighted by Gasteiger charge is -2.15. The zero-order valence-electron chi connectivity index (χ0n) is 16.0. The quantitative estimate of drug-likeness (QED) is 0.455. The summed E-state index contributed by atoms with van der Waals surface area (Å²) >= 11 is 0. The van der Waals surface area contributed by atoms with Gasteiger partial charge in [0.05, 0.1) is 0 Å². The van der Waals surface area contributed by atoms with Gasteiger partial charge < -0.3 is 10.2 Å². The van der Waals surface area contributed by atoms with Crippen LogP contribution in [0.2, 0.25) is 0 Å². The lowest BCUT2D eigenvalue weighted by molar-refractivity contribution is 0.230. The molecule has 3 nitrogen and oxygen atoms in total. The number of amides is 2. The summed E-state index contributed by atoms with van der Waals surface area (Å²) < 4.78 is 0. The fourth-order valence-corrected chi connectivity index (χ4v) is 3.33. The van der Waals surface area contributed by atoms with Gasteiger partial charge in [0.25, 0.3) is 0 Å². The summed E-state index contributed by atoms with van der Waals surface area (Å²) in [7, 11) is 3.47. The number of carbonyl (C=O) groups excluding carboxylic acids is 1. The van der Waals surface area contributed by atoms with Crippen molar-refractivity contribution in [1.29, 1.82) is 0 Å². The smallest absolute Gasteiger partial charge is 0.321 e. The van der Waals surface area contributed by atoms with Gasteiger partial charge >= 0.3 is 6.03 Å². The van der Waals surface area contributed by atoms with Gasteiger partial charge in [-0.3, -0.25) is 0 Å². The average molecular weight is 366 g/mol. The molecular weight excluding hydrogens is 344 g/mol. The molecule has 0 fully saturated rings. The molecule has 0 aliphatic heterocycles. The zero-order valence-corrected chi connectivity index (χ0v) is 16.0. The summed E-state index contributed by atoms with van der Waals surface area (Å²) in [4.78, 5) is 13.6. The monoisotopic (exact) mass is 366 g/mol. The van der Waals surface area contributed by atoms with Crippen LogP contribution in [0.15, 0.2) is 91.0 Å². The molecule has 138 valence electrons. The number of nitrogens with one attached hydrogen (secondary N) is 1.